The molecule has 1 aromatic carbocycles. The molecular weight excluding hydrogens is 395 g/mol. The first-order chi connectivity index (χ1) is 13.3. The quantitative estimate of drug-likeness (QED) is 0.802. The zero-order chi connectivity index (χ0) is 20.3. The van der Waals surface area contributed by atoms with Crippen LogP contribution >= 0.6 is 11.6 Å². The molecule has 0 bridgehead atoms. The predicted octanol–water partition coefficient (Wildman–Crippen LogP) is 1.88. The summed E-state index contributed by atoms with van der Waals surface area (Å²) in [5.41, 5.74) is -0.896. The summed E-state index contributed by atoms with van der Waals surface area (Å²) < 4.78 is 38.7. The van der Waals surface area contributed by atoms with E-state index in [1.165, 1.54) is 0 Å². The Morgan fingerprint density at radius 1 is 1.25 bits per heavy atom. The Labute approximate surface area is 165 Å². The summed E-state index contributed by atoms with van der Waals surface area (Å²) in [6.07, 6.45) is -1.15. The molecule has 0 saturated carbocycles. The summed E-state index contributed by atoms with van der Waals surface area (Å²) in [5, 5.41) is 2.60. The van der Waals surface area contributed by atoms with Crippen LogP contribution in [0.15, 0.2) is 36.7 Å². The van der Waals surface area contributed by atoms with Crippen molar-refractivity contribution >= 4 is 29.1 Å². The number of nitrogens with one attached hydrogen (secondary N) is 2. The molecule has 28 heavy (non-hydrogen) atoms. The van der Waals surface area contributed by atoms with E-state index < -0.39 is 17.8 Å². The van der Waals surface area contributed by atoms with Gasteiger partial charge in [-0.3, -0.25) is 4.79 Å². The van der Waals surface area contributed by atoms with Crippen molar-refractivity contribution in [2.24, 2.45) is 0 Å². The number of alkyl halides is 3. The summed E-state index contributed by atoms with van der Waals surface area (Å²) in [5.74, 6) is 0.273. The minimum Gasteiger partial charge on any atom is -0.330 e. The number of anilines is 2. The lowest BCUT2D eigenvalue weighted by atomic mass is 10.1. The zero-order valence-electron chi connectivity index (χ0n) is 15.1. The van der Waals surface area contributed by atoms with Crippen LogP contribution in [0.3, 0.4) is 0 Å². The molecule has 0 unspecified atom stereocenters. The first kappa shape index (κ1) is 20.3. The van der Waals surface area contributed by atoms with Crippen LogP contribution < -0.4 is 15.1 Å². The molecule has 1 amide bonds. The summed E-state index contributed by atoms with van der Waals surface area (Å²) in [7, 11) is 0. The largest absolute Gasteiger partial charge is 0.416 e. The van der Waals surface area contributed by atoms with Gasteiger partial charge in [0.15, 0.2) is 6.04 Å². The molecule has 1 aliphatic rings. The lowest BCUT2D eigenvalue weighted by Crippen LogP contribution is -3.19. The number of halogens is 4. The fourth-order valence-electron chi connectivity index (χ4n) is 3.11. The molecule has 1 saturated heterocycles. The third kappa shape index (κ3) is 4.71. The molecule has 2 N–H and O–H groups in total. The van der Waals surface area contributed by atoms with Crippen molar-refractivity contribution in [3.63, 3.8) is 0 Å². The third-order valence-electron chi connectivity index (χ3n) is 4.80. The van der Waals surface area contributed by atoms with Crippen LogP contribution in [0.5, 0.6) is 0 Å². The number of amides is 1. The summed E-state index contributed by atoms with van der Waals surface area (Å²) >= 11 is 5.96. The lowest BCUT2D eigenvalue weighted by molar-refractivity contribution is -0.914. The van der Waals surface area contributed by atoms with Crippen molar-refractivity contribution in [3.05, 3.63) is 47.2 Å². The number of benzene rings is 1. The van der Waals surface area contributed by atoms with Gasteiger partial charge in [0.2, 0.25) is 5.95 Å². The Bertz CT molecular complexity index is 826. The van der Waals surface area contributed by atoms with Gasteiger partial charge in [0.1, 0.15) is 0 Å². The van der Waals surface area contributed by atoms with Crippen LogP contribution in [0.1, 0.15) is 12.5 Å². The van der Waals surface area contributed by atoms with Crippen LogP contribution in [0.2, 0.25) is 5.02 Å². The van der Waals surface area contributed by atoms with E-state index in [1.807, 2.05) is 4.90 Å². The Kier molecular flexibility index (Phi) is 6.04. The standard InChI is InChI=1S/C18H19ClF3N5O/c1-12(26-7-9-27(10-8-26)17-23-5-2-6-24-17)16(28)25-15-11-13(18(20,21)22)3-4-14(15)19/h2-6,11-12H,7-10H2,1H3,(H,25,28)/p+1/t12-/m0/s1. The first-order valence-corrected chi connectivity index (χ1v) is 9.17. The maximum Gasteiger partial charge on any atom is 0.416 e. The molecule has 150 valence electrons. The minimum atomic E-state index is -4.50. The van der Waals surface area contributed by atoms with E-state index in [9.17, 15) is 18.0 Å². The van der Waals surface area contributed by atoms with E-state index in [0.717, 1.165) is 23.1 Å². The van der Waals surface area contributed by atoms with E-state index >= 15 is 0 Å². The van der Waals surface area contributed by atoms with Crippen LogP contribution in [-0.4, -0.2) is 48.1 Å². The van der Waals surface area contributed by atoms with Crippen molar-refractivity contribution in [1.29, 1.82) is 0 Å². The molecule has 10 heteroatoms. The maximum absolute atomic E-state index is 12.9. The Morgan fingerprint density at radius 3 is 2.50 bits per heavy atom. The second kappa shape index (κ2) is 8.32. The van der Waals surface area contributed by atoms with Crippen molar-refractivity contribution in [3.8, 4) is 0 Å². The Balaban J connectivity index is 1.61. The topological polar surface area (TPSA) is 62.6 Å². The number of quaternary nitrogens is 1. The van der Waals surface area contributed by atoms with E-state index in [1.54, 1.807) is 25.4 Å². The second-order valence-electron chi connectivity index (χ2n) is 6.60. The Hall–Kier alpha value is -2.39. The number of hydrogen-bond donors (Lipinski definition) is 2. The van der Waals surface area contributed by atoms with Gasteiger partial charge in [0.05, 0.1) is 42.5 Å². The molecule has 0 spiro atoms. The van der Waals surface area contributed by atoms with Crippen molar-refractivity contribution in [1.82, 2.24) is 9.97 Å². The first-order valence-electron chi connectivity index (χ1n) is 8.80. The van der Waals surface area contributed by atoms with Crippen LogP contribution in [-0.2, 0) is 11.0 Å². The average Bonchev–Trinajstić information content (AvgIpc) is 2.69. The molecule has 1 fully saturated rings. The molecule has 2 aromatic rings. The SMILES string of the molecule is C[C@@H](C(=O)Nc1cc(C(F)(F)F)ccc1Cl)[NH+]1CCN(c2ncccn2)CC1. The lowest BCUT2D eigenvalue weighted by Gasteiger charge is -2.34. The minimum absolute atomic E-state index is 0.0379. The monoisotopic (exact) mass is 414 g/mol. The van der Waals surface area contributed by atoms with E-state index in [0.29, 0.717) is 32.1 Å². The van der Waals surface area contributed by atoms with Gasteiger partial charge in [-0.25, -0.2) is 9.97 Å². The smallest absolute Gasteiger partial charge is 0.330 e. The van der Waals surface area contributed by atoms with Crippen LogP contribution in [0.25, 0.3) is 0 Å². The fraction of sp³-hybridized carbons (Fsp3) is 0.389. The zero-order valence-corrected chi connectivity index (χ0v) is 15.9. The van der Waals surface area contributed by atoms with Crippen molar-refractivity contribution in [2.75, 3.05) is 36.4 Å². The van der Waals surface area contributed by atoms with Gasteiger partial charge in [0.25, 0.3) is 5.91 Å². The number of nitrogens with zero attached hydrogens (tertiary/aromatic N) is 3. The number of piperazine rings is 1. The normalized spacial score (nSPS) is 16.7. The predicted molar refractivity (Wildman–Crippen MR) is 99.5 cm³/mol. The van der Waals surface area contributed by atoms with Gasteiger partial charge in [0, 0.05) is 12.4 Å². The van der Waals surface area contributed by atoms with Gasteiger partial charge in [-0.1, -0.05) is 11.6 Å². The summed E-state index contributed by atoms with van der Waals surface area (Å²) in [6, 6.07) is 4.18. The molecular formula is C18H20ClF3N5O+. The molecule has 0 aliphatic carbocycles. The number of aromatic nitrogens is 2. The molecule has 3 rings (SSSR count). The highest BCUT2D eigenvalue weighted by atomic mass is 35.5. The molecule has 2 heterocycles. The van der Waals surface area contributed by atoms with Gasteiger partial charge in [-0.15, -0.1) is 0 Å². The van der Waals surface area contributed by atoms with E-state index in [2.05, 4.69) is 15.3 Å². The molecule has 1 aromatic heterocycles. The number of hydrogen-bond acceptors (Lipinski definition) is 4. The molecule has 1 atom stereocenters. The van der Waals surface area contributed by atoms with Gasteiger partial charge < -0.3 is 15.1 Å². The highest BCUT2D eigenvalue weighted by Gasteiger charge is 2.33. The highest BCUT2D eigenvalue weighted by Crippen LogP contribution is 2.33. The van der Waals surface area contributed by atoms with E-state index in [4.69, 9.17) is 11.6 Å². The van der Waals surface area contributed by atoms with Gasteiger partial charge >= 0.3 is 6.18 Å². The average molecular weight is 415 g/mol. The van der Waals surface area contributed by atoms with Gasteiger partial charge in [-0.2, -0.15) is 13.2 Å². The highest BCUT2D eigenvalue weighted by molar-refractivity contribution is 6.33. The summed E-state index contributed by atoms with van der Waals surface area (Å²) in [6.45, 7) is 4.48. The maximum atomic E-state index is 12.9. The molecule has 0 radical (unpaired) electrons. The molecule has 6 nitrogen and oxygen atoms in total. The number of carbonyl (C=O) groups excluding carboxylic acids is 1. The van der Waals surface area contributed by atoms with Crippen LogP contribution in [0, 0.1) is 0 Å². The fourth-order valence-corrected chi connectivity index (χ4v) is 3.27. The van der Waals surface area contributed by atoms with Crippen molar-refractivity contribution in [2.45, 2.75) is 19.1 Å². The van der Waals surface area contributed by atoms with Gasteiger partial charge in [-0.05, 0) is 31.2 Å². The summed E-state index contributed by atoms with van der Waals surface area (Å²) in [4.78, 5) is 24.1. The number of rotatable bonds is 4. The molecule has 1 aliphatic heterocycles. The van der Waals surface area contributed by atoms with Crippen LogP contribution in [0.4, 0.5) is 24.8 Å². The second-order valence-corrected chi connectivity index (χ2v) is 7.00. The van der Waals surface area contributed by atoms with E-state index in [-0.39, 0.29) is 16.6 Å². The third-order valence-corrected chi connectivity index (χ3v) is 5.13. The Morgan fingerprint density at radius 2 is 1.89 bits per heavy atom. The number of carbonyl (C=O) groups is 1. The van der Waals surface area contributed by atoms with Crippen molar-refractivity contribution < 1.29 is 22.9 Å².